The summed E-state index contributed by atoms with van der Waals surface area (Å²) in [7, 11) is 0. The zero-order valence-corrected chi connectivity index (χ0v) is 8.05. The number of hydrogen-bond acceptors (Lipinski definition) is 5. The van der Waals surface area contributed by atoms with Crippen LogP contribution in [0.4, 0.5) is 5.82 Å². The van der Waals surface area contributed by atoms with Crippen LogP contribution in [0, 0.1) is 0 Å². The standard InChI is InChI=1S/C10H12N4O/c11-10-8(2-1-4-13-10)9(14-12)7-3-5-15-6-7/h1-6,9,14H,12H2,(H2,11,13). The molecule has 0 aromatic carbocycles. The number of rotatable bonds is 3. The first kappa shape index (κ1) is 9.70. The van der Waals surface area contributed by atoms with Gasteiger partial charge in [0.1, 0.15) is 5.82 Å². The summed E-state index contributed by atoms with van der Waals surface area (Å²) in [5.74, 6) is 5.95. The van der Waals surface area contributed by atoms with Crippen molar-refractivity contribution >= 4 is 5.82 Å². The molecule has 0 saturated heterocycles. The molecule has 0 aliphatic heterocycles. The highest BCUT2D eigenvalue weighted by Gasteiger charge is 2.16. The minimum atomic E-state index is -0.197. The molecule has 0 aliphatic carbocycles. The molecule has 0 spiro atoms. The van der Waals surface area contributed by atoms with Gasteiger partial charge in [-0.05, 0) is 12.1 Å². The van der Waals surface area contributed by atoms with Crippen LogP contribution in [-0.2, 0) is 0 Å². The topological polar surface area (TPSA) is 90.1 Å². The highest BCUT2D eigenvalue weighted by molar-refractivity contribution is 5.44. The summed E-state index contributed by atoms with van der Waals surface area (Å²) in [4.78, 5) is 4.01. The Morgan fingerprint density at radius 3 is 2.87 bits per heavy atom. The molecule has 2 heterocycles. The number of nitrogens with two attached hydrogens (primary N) is 2. The molecule has 15 heavy (non-hydrogen) atoms. The molecule has 0 bridgehead atoms. The van der Waals surface area contributed by atoms with Crippen molar-refractivity contribution in [1.29, 1.82) is 0 Å². The van der Waals surface area contributed by atoms with Crippen LogP contribution in [0.15, 0.2) is 41.3 Å². The van der Waals surface area contributed by atoms with E-state index in [0.717, 1.165) is 11.1 Å². The van der Waals surface area contributed by atoms with Gasteiger partial charge in [-0.2, -0.15) is 0 Å². The van der Waals surface area contributed by atoms with Crippen LogP contribution in [0.5, 0.6) is 0 Å². The predicted molar refractivity (Wildman–Crippen MR) is 56.5 cm³/mol. The van der Waals surface area contributed by atoms with Crippen LogP contribution in [0.3, 0.4) is 0 Å². The van der Waals surface area contributed by atoms with E-state index in [-0.39, 0.29) is 6.04 Å². The molecule has 2 aromatic rings. The first-order valence-corrected chi connectivity index (χ1v) is 4.51. The highest BCUT2D eigenvalue weighted by atomic mass is 16.3. The Morgan fingerprint density at radius 2 is 2.27 bits per heavy atom. The molecular weight excluding hydrogens is 192 g/mol. The molecule has 0 fully saturated rings. The second-order valence-corrected chi connectivity index (χ2v) is 3.13. The van der Waals surface area contributed by atoms with Gasteiger partial charge >= 0.3 is 0 Å². The van der Waals surface area contributed by atoms with E-state index >= 15 is 0 Å². The van der Waals surface area contributed by atoms with E-state index in [0.29, 0.717) is 5.82 Å². The van der Waals surface area contributed by atoms with E-state index < -0.39 is 0 Å². The molecular formula is C10H12N4O. The third kappa shape index (κ3) is 1.83. The normalized spacial score (nSPS) is 12.6. The molecule has 0 aliphatic rings. The van der Waals surface area contributed by atoms with Gasteiger partial charge in [0.25, 0.3) is 0 Å². The van der Waals surface area contributed by atoms with Gasteiger partial charge in [-0.15, -0.1) is 0 Å². The molecule has 0 radical (unpaired) electrons. The van der Waals surface area contributed by atoms with E-state index in [1.807, 2.05) is 18.2 Å². The predicted octanol–water partition coefficient (Wildman–Crippen LogP) is 0.809. The van der Waals surface area contributed by atoms with E-state index in [1.165, 1.54) is 0 Å². The zero-order valence-electron chi connectivity index (χ0n) is 8.05. The zero-order chi connectivity index (χ0) is 10.7. The van der Waals surface area contributed by atoms with E-state index in [1.54, 1.807) is 18.7 Å². The minimum Gasteiger partial charge on any atom is -0.472 e. The Balaban J connectivity index is 2.40. The number of hydrazine groups is 1. The van der Waals surface area contributed by atoms with E-state index in [2.05, 4.69) is 10.4 Å². The number of nitrogens with zero attached hydrogens (tertiary/aromatic N) is 1. The first-order chi connectivity index (χ1) is 7.33. The van der Waals surface area contributed by atoms with Gasteiger partial charge in [0.05, 0.1) is 18.6 Å². The van der Waals surface area contributed by atoms with Crippen molar-refractivity contribution in [2.24, 2.45) is 5.84 Å². The maximum Gasteiger partial charge on any atom is 0.128 e. The fraction of sp³-hybridized carbons (Fsp3) is 0.100. The van der Waals surface area contributed by atoms with Crippen molar-refractivity contribution in [3.8, 4) is 0 Å². The molecule has 1 atom stereocenters. The van der Waals surface area contributed by atoms with Crippen LogP contribution in [0.25, 0.3) is 0 Å². The molecule has 5 nitrogen and oxygen atoms in total. The monoisotopic (exact) mass is 204 g/mol. The number of nitrogen functional groups attached to an aromatic ring is 1. The lowest BCUT2D eigenvalue weighted by molar-refractivity contribution is 0.553. The Labute approximate surface area is 87.1 Å². The van der Waals surface area contributed by atoms with Crippen LogP contribution < -0.4 is 17.0 Å². The maximum atomic E-state index is 5.77. The Hall–Kier alpha value is -1.85. The van der Waals surface area contributed by atoms with Gasteiger partial charge in [0.15, 0.2) is 0 Å². The average Bonchev–Trinajstić information content (AvgIpc) is 2.75. The number of pyridine rings is 1. The fourth-order valence-corrected chi connectivity index (χ4v) is 1.48. The second-order valence-electron chi connectivity index (χ2n) is 3.13. The maximum absolute atomic E-state index is 5.77. The summed E-state index contributed by atoms with van der Waals surface area (Å²) in [5.41, 5.74) is 10.2. The van der Waals surface area contributed by atoms with Crippen LogP contribution >= 0.6 is 0 Å². The molecule has 0 amide bonds. The summed E-state index contributed by atoms with van der Waals surface area (Å²) in [6.07, 6.45) is 4.85. The van der Waals surface area contributed by atoms with E-state index in [4.69, 9.17) is 16.0 Å². The number of hydrogen-bond donors (Lipinski definition) is 3. The summed E-state index contributed by atoms with van der Waals surface area (Å²) in [6, 6.07) is 5.32. The van der Waals surface area contributed by atoms with E-state index in [9.17, 15) is 0 Å². The Kier molecular flexibility index (Phi) is 2.66. The van der Waals surface area contributed by atoms with Gasteiger partial charge in [0.2, 0.25) is 0 Å². The largest absolute Gasteiger partial charge is 0.472 e. The lowest BCUT2D eigenvalue weighted by Crippen LogP contribution is -2.29. The van der Waals surface area contributed by atoms with Crippen molar-refractivity contribution in [3.63, 3.8) is 0 Å². The summed E-state index contributed by atoms with van der Waals surface area (Å²) >= 11 is 0. The quantitative estimate of drug-likeness (QED) is 0.508. The van der Waals surface area contributed by atoms with Crippen LogP contribution in [0.2, 0.25) is 0 Å². The van der Waals surface area contributed by atoms with Gasteiger partial charge in [-0.3, -0.25) is 5.84 Å². The molecule has 2 rings (SSSR count). The molecule has 5 heteroatoms. The van der Waals surface area contributed by atoms with Crippen molar-refractivity contribution in [2.45, 2.75) is 6.04 Å². The summed E-state index contributed by atoms with van der Waals surface area (Å²) in [6.45, 7) is 0. The lowest BCUT2D eigenvalue weighted by Gasteiger charge is -2.15. The number of furan rings is 1. The SMILES string of the molecule is NNC(c1ccoc1)c1cccnc1N. The van der Waals surface area contributed by atoms with Gasteiger partial charge in [-0.1, -0.05) is 6.07 Å². The highest BCUT2D eigenvalue weighted by Crippen LogP contribution is 2.24. The van der Waals surface area contributed by atoms with Crippen LogP contribution in [-0.4, -0.2) is 4.98 Å². The lowest BCUT2D eigenvalue weighted by atomic mass is 10.0. The van der Waals surface area contributed by atoms with Crippen molar-refractivity contribution in [3.05, 3.63) is 48.0 Å². The first-order valence-electron chi connectivity index (χ1n) is 4.51. The van der Waals surface area contributed by atoms with Crippen molar-refractivity contribution in [1.82, 2.24) is 10.4 Å². The van der Waals surface area contributed by atoms with Gasteiger partial charge < -0.3 is 10.2 Å². The van der Waals surface area contributed by atoms with Gasteiger partial charge in [-0.25, -0.2) is 10.4 Å². The summed E-state index contributed by atoms with van der Waals surface area (Å²) in [5, 5.41) is 0. The number of aromatic nitrogens is 1. The smallest absolute Gasteiger partial charge is 0.128 e. The molecule has 2 aromatic heterocycles. The van der Waals surface area contributed by atoms with Crippen LogP contribution in [0.1, 0.15) is 17.2 Å². The molecule has 5 N–H and O–H groups in total. The fourth-order valence-electron chi connectivity index (χ4n) is 1.48. The van der Waals surface area contributed by atoms with Gasteiger partial charge in [0, 0.05) is 17.3 Å². The molecule has 1 unspecified atom stereocenters. The van der Waals surface area contributed by atoms with Crippen molar-refractivity contribution in [2.75, 3.05) is 5.73 Å². The molecule has 78 valence electrons. The average molecular weight is 204 g/mol. The Bertz CT molecular complexity index is 427. The Morgan fingerprint density at radius 1 is 1.40 bits per heavy atom. The van der Waals surface area contributed by atoms with Crippen molar-refractivity contribution < 1.29 is 4.42 Å². The minimum absolute atomic E-state index is 0.197. The number of anilines is 1. The number of nitrogens with one attached hydrogen (secondary N) is 1. The third-order valence-corrected chi connectivity index (χ3v) is 2.23. The second kappa shape index (κ2) is 4.12. The third-order valence-electron chi connectivity index (χ3n) is 2.23. The molecule has 0 saturated carbocycles. The summed E-state index contributed by atoms with van der Waals surface area (Å²) < 4.78 is 5.00.